The highest BCUT2D eigenvalue weighted by Gasteiger charge is 2.30. The summed E-state index contributed by atoms with van der Waals surface area (Å²) in [5.74, 6) is 0. The molecule has 0 atom stereocenters. The normalized spacial score (nSPS) is 12.5. The van der Waals surface area contributed by atoms with Crippen molar-refractivity contribution in [3.8, 4) is 11.3 Å². The van der Waals surface area contributed by atoms with E-state index in [1.165, 1.54) is 6.07 Å². The molecule has 0 saturated heterocycles. The minimum Gasteiger partial charge on any atom is -0.256 e. The summed E-state index contributed by atoms with van der Waals surface area (Å²) in [6.45, 7) is 6.27. The van der Waals surface area contributed by atoms with Crippen LogP contribution in [0.2, 0.25) is 0 Å². The summed E-state index contributed by atoms with van der Waals surface area (Å²) in [5.41, 5.74) is 1.75. The average molecular weight is 279 g/mol. The van der Waals surface area contributed by atoms with Crippen molar-refractivity contribution in [2.45, 2.75) is 32.4 Å². The molecule has 2 rings (SSSR count). The Morgan fingerprint density at radius 1 is 0.900 bits per heavy atom. The highest BCUT2D eigenvalue weighted by molar-refractivity contribution is 5.60. The molecular weight excluding hydrogens is 263 g/mol. The molecular formula is C16H16F3N. The zero-order chi connectivity index (χ0) is 15.0. The van der Waals surface area contributed by atoms with Crippen molar-refractivity contribution in [2.24, 2.45) is 0 Å². The molecule has 0 aliphatic heterocycles. The highest BCUT2D eigenvalue weighted by atomic mass is 19.4. The number of hydrogen-bond acceptors (Lipinski definition) is 1. The minimum absolute atomic E-state index is 0.0120. The Bertz CT molecular complexity index is 592. The molecule has 0 bridgehead atoms. The van der Waals surface area contributed by atoms with Gasteiger partial charge in [0.05, 0.1) is 11.3 Å². The third kappa shape index (κ3) is 3.18. The van der Waals surface area contributed by atoms with Crippen molar-refractivity contribution in [3.63, 3.8) is 0 Å². The zero-order valence-corrected chi connectivity index (χ0v) is 11.6. The molecule has 0 amide bonds. The summed E-state index contributed by atoms with van der Waals surface area (Å²) in [5, 5.41) is 0. The van der Waals surface area contributed by atoms with E-state index in [2.05, 4.69) is 25.8 Å². The summed E-state index contributed by atoms with van der Waals surface area (Å²) in [6.07, 6.45) is -3.47. The van der Waals surface area contributed by atoms with E-state index < -0.39 is 11.7 Å². The summed E-state index contributed by atoms with van der Waals surface area (Å²) < 4.78 is 37.5. The van der Waals surface area contributed by atoms with Crippen molar-refractivity contribution >= 4 is 0 Å². The minimum atomic E-state index is -4.35. The van der Waals surface area contributed by atoms with Gasteiger partial charge in [-0.25, -0.2) is 0 Å². The van der Waals surface area contributed by atoms with E-state index in [1.54, 1.807) is 0 Å². The van der Waals surface area contributed by atoms with Gasteiger partial charge in [-0.3, -0.25) is 4.98 Å². The Kier molecular flexibility index (Phi) is 3.59. The molecule has 1 heterocycles. The van der Waals surface area contributed by atoms with E-state index >= 15 is 0 Å². The van der Waals surface area contributed by atoms with Gasteiger partial charge in [0.25, 0.3) is 0 Å². The Labute approximate surface area is 116 Å². The third-order valence-electron chi connectivity index (χ3n) is 3.12. The lowest BCUT2D eigenvalue weighted by Gasteiger charge is -2.19. The highest BCUT2D eigenvalue weighted by Crippen LogP contribution is 2.31. The first kappa shape index (κ1) is 14.6. The molecule has 1 aromatic carbocycles. The van der Waals surface area contributed by atoms with E-state index in [4.69, 9.17) is 0 Å². The molecule has 0 radical (unpaired) electrons. The summed E-state index contributed by atoms with van der Waals surface area (Å²) in [4.78, 5) is 3.92. The van der Waals surface area contributed by atoms with Crippen LogP contribution in [0.25, 0.3) is 11.3 Å². The Morgan fingerprint density at radius 2 is 1.60 bits per heavy atom. The quantitative estimate of drug-likeness (QED) is 0.710. The standard InChI is InChI=1S/C16H16F3N/c1-15(2,3)12-6-4-5-11(9-12)14-8-7-13(10-20-14)16(17,18)19/h4-10H,1-3H3. The fourth-order valence-corrected chi connectivity index (χ4v) is 1.88. The molecule has 4 heteroatoms. The zero-order valence-electron chi connectivity index (χ0n) is 11.6. The molecule has 0 spiro atoms. The second-order valence-electron chi connectivity index (χ2n) is 5.76. The maximum Gasteiger partial charge on any atom is 0.417 e. The second-order valence-corrected chi connectivity index (χ2v) is 5.76. The van der Waals surface area contributed by atoms with Gasteiger partial charge < -0.3 is 0 Å². The molecule has 0 aliphatic rings. The number of rotatable bonds is 1. The smallest absolute Gasteiger partial charge is 0.256 e. The van der Waals surface area contributed by atoms with Crippen LogP contribution in [0, 0.1) is 0 Å². The Morgan fingerprint density at radius 3 is 2.10 bits per heavy atom. The lowest BCUT2D eigenvalue weighted by molar-refractivity contribution is -0.137. The van der Waals surface area contributed by atoms with E-state index in [-0.39, 0.29) is 5.41 Å². The van der Waals surface area contributed by atoms with Gasteiger partial charge in [0.2, 0.25) is 0 Å². The van der Waals surface area contributed by atoms with Gasteiger partial charge in [-0.15, -0.1) is 0 Å². The monoisotopic (exact) mass is 279 g/mol. The molecule has 106 valence electrons. The van der Waals surface area contributed by atoms with E-state index in [0.29, 0.717) is 5.69 Å². The van der Waals surface area contributed by atoms with Crippen LogP contribution in [0.4, 0.5) is 13.2 Å². The Balaban J connectivity index is 2.38. The maximum absolute atomic E-state index is 12.5. The van der Waals surface area contributed by atoms with Crippen LogP contribution in [-0.2, 0) is 11.6 Å². The van der Waals surface area contributed by atoms with Crippen molar-refractivity contribution in [1.82, 2.24) is 4.98 Å². The van der Waals surface area contributed by atoms with Crippen LogP contribution in [0.15, 0.2) is 42.6 Å². The van der Waals surface area contributed by atoms with Crippen LogP contribution in [0.5, 0.6) is 0 Å². The maximum atomic E-state index is 12.5. The lowest BCUT2D eigenvalue weighted by atomic mass is 9.86. The second kappa shape index (κ2) is 4.93. The fourth-order valence-electron chi connectivity index (χ4n) is 1.88. The van der Waals surface area contributed by atoms with Crippen LogP contribution >= 0.6 is 0 Å². The molecule has 0 N–H and O–H groups in total. The van der Waals surface area contributed by atoms with E-state index in [9.17, 15) is 13.2 Å². The number of alkyl halides is 3. The topological polar surface area (TPSA) is 12.9 Å². The molecule has 0 unspecified atom stereocenters. The van der Waals surface area contributed by atoms with Gasteiger partial charge in [-0.05, 0) is 29.2 Å². The van der Waals surface area contributed by atoms with Crippen molar-refractivity contribution < 1.29 is 13.2 Å². The van der Waals surface area contributed by atoms with Crippen molar-refractivity contribution in [3.05, 3.63) is 53.7 Å². The van der Waals surface area contributed by atoms with Crippen LogP contribution < -0.4 is 0 Å². The molecule has 2 aromatic rings. The number of benzene rings is 1. The number of aromatic nitrogens is 1. The first-order valence-corrected chi connectivity index (χ1v) is 6.32. The molecule has 0 fully saturated rings. The number of pyridine rings is 1. The summed E-state index contributed by atoms with van der Waals surface area (Å²) in [7, 11) is 0. The number of nitrogens with zero attached hydrogens (tertiary/aromatic N) is 1. The average Bonchev–Trinajstić information content (AvgIpc) is 2.37. The third-order valence-corrected chi connectivity index (χ3v) is 3.12. The molecule has 1 aromatic heterocycles. The molecule has 20 heavy (non-hydrogen) atoms. The first-order chi connectivity index (χ1) is 9.18. The molecule has 0 saturated carbocycles. The van der Waals surface area contributed by atoms with E-state index in [1.807, 2.05) is 24.3 Å². The SMILES string of the molecule is CC(C)(C)c1cccc(-c2ccc(C(F)(F)F)cn2)c1. The van der Waals surface area contributed by atoms with Crippen LogP contribution in [-0.4, -0.2) is 4.98 Å². The molecule has 0 aliphatic carbocycles. The van der Waals surface area contributed by atoms with Gasteiger partial charge in [0, 0.05) is 11.8 Å². The largest absolute Gasteiger partial charge is 0.417 e. The predicted molar refractivity (Wildman–Crippen MR) is 73.4 cm³/mol. The van der Waals surface area contributed by atoms with Gasteiger partial charge in [0.1, 0.15) is 0 Å². The number of hydrogen-bond donors (Lipinski definition) is 0. The number of halogens is 3. The summed E-state index contributed by atoms with van der Waals surface area (Å²) >= 11 is 0. The van der Waals surface area contributed by atoms with Gasteiger partial charge in [0.15, 0.2) is 0 Å². The van der Waals surface area contributed by atoms with Gasteiger partial charge >= 0.3 is 6.18 Å². The first-order valence-electron chi connectivity index (χ1n) is 6.32. The van der Waals surface area contributed by atoms with Crippen LogP contribution in [0.3, 0.4) is 0 Å². The molecule has 1 nitrogen and oxygen atoms in total. The van der Waals surface area contributed by atoms with Crippen molar-refractivity contribution in [2.75, 3.05) is 0 Å². The van der Waals surface area contributed by atoms with Gasteiger partial charge in [-0.1, -0.05) is 39.0 Å². The fraction of sp³-hybridized carbons (Fsp3) is 0.312. The van der Waals surface area contributed by atoms with Gasteiger partial charge in [-0.2, -0.15) is 13.2 Å². The summed E-state index contributed by atoms with van der Waals surface area (Å²) in [6, 6.07) is 10.2. The van der Waals surface area contributed by atoms with E-state index in [0.717, 1.165) is 23.4 Å². The lowest BCUT2D eigenvalue weighted by Crippen LogP contribution is -2.10. The van der Waals surface area contributed by atoms with Crippen LogP contribution in [0.1, 0.15) is 31.9 Å². The Hall–Kier alpha value is -1.84. The predicted octanol–water partition coefficient (Wildman–Crippen LogP) is 5.06. The van der Waals surface area contributed by atoms with Crippen molar-refractivity contribution in [1.29, 1.82) is 0 Å².